The molecule has 0 aromatic heterocycles. The summed E-state index contributed by atoms with van der Waals surface area (Å²) >= 11 is 6.02. The average molecular weight is 325 g/mol. The highest BCUT2D eigenvalue weighted by Crippen LogP contribution is 2.29. The van der Waals surface area contributed by atoms with E-state index in [1.54, 1.807) is 0 Å². The van der Waals surface area contributed by atoms with Crippen molar-refractivity contribution in [2.75, 3.05) is 17.1 Å². The van der Waals surface area contributed by atoms with Crippen LogP contribution in [0.3, 0.4) is 0 Å². The van der Waals surface area contributed by atoms with E-state index in [4.69, 9.17) is 17.3 Å². The van der Waals surface area contributed by atoms with E-state index in [9.17, 15) is 8.42 Å². The molecule has 6 heteroatoms. The number of rotatable bonds is 3. The van der Waals surface area contributed by atoms with Gasteiger partial charge >= 0.3 is 0 Å². The molecule has 4 nitrogen and oxygen atoms in total. The van der Waals surface area contributed by atoms with Crippen LogP contribution in [0.15, 0.2) is 41.3 Å². The highest BCUT2D eigenvalue weighted by atomic mass is 35.5. The fourth-order valence-corrected chi connectivity index (χ4v) is 3.85. The second-order valence-electron chi connectivity index (χ2n) is 5.01. The first-order valence-electron chi connectivity index (χ1n) is 6.34. The Kier molecular flexibility index (Phi) is 4.16. The Morgan fingerprint density at radius 1 is 1.05 bits per heavy atom. The highest BCUT2D eigenvalue weighted by molar-refractivity contribution is 7.93. The lowest BCUT2D eigenvalue weighted by Gasteiger charge is -2.21. The van der Waals surface area contributed by atoms with Gasteiger partial charge in [-0.25, -0.2) is 8.42 Å². The summed E-state index contributed by atoms with van der Waals surface area (Å²) in [5, 5.41) is 0.117. The van der Waals surface area contributed by atoms with Crippen LogP contribution < -0.4 is 10.0 Å². The zero-order valence-electron chi connectivity index (χ0n) is 12.1. The van der Waals surface area contributed by atoms with Gasteiger partial charge in [0.15, 0.2) is 0 Å². The summed E-state index contributed by atoms with van der Waals surface area (Å²) in [6.07, 6.45) is 0. The molecule has 0 amide bonds. The highest BCUT2D eigenvalue weighted by Gasteiger charge is 2.24. The van der Waals surface area contributed by atoms with E-state index in [1.807, 2.05) is 32.0 Å². The molecule has 2 rings (SSSR count). The molecule has 2 N–H and O–H groups in total. The third kappa shape index (κ3) is 3.14. The molecule has 2 aromatic rings. The Bertz CT molecular complexity index is 768. The van der Waals surface area contributed by atoms with E-state index >= 15 is 0 Å². The van der Waals surface area contributed by atoms with E-state index in [2.05, 4.69) is 0 Å². The first-order valence-corrected chi connectivity index (χ1v) is 8.16. The van der Waals surface area contributed by atoms with Gasteiger partial charge in [-0.15, -0.1) is 0 Å². The molecule has 0 saturated heterocycles. The Balaban J connectivity index is 2.52. The molecule has 0 heterocycles. The molecule has 0 aliphatic heterocycles. The molecule has 0 spiro atoms. The third-order valence-corrected chi connectivity index (χ3v) is 5.43. The zero-order valence-corrected chi connectivity index (χ0v) is 13.7. The van der Waals surface area contributed by atoms with Gasteiger partial charge in [-0.3, -0.25) is 4.31 Å². The van der Waals surface area contributed by atoms with Crippen LogP contribution in [0, 0.1) is 13.8 Å². The van der Waals surface area contributed by atoms with Gasteiger partial charge in [0.25, 0.3) is 10.0 Å². The second-order valence-corrected chi connectivity index (χ2v) is 7.35. The third-order valence-electron chi connectivity index (χ3n) is 3.16. The van der Waals surface area contributed by atoms with E-state index in [0.717, 1.165) is 11.1 Å². The molecule has 2 aromatic carbocycles. The molecule has 0 unspecified atom stereocenters. The smallest absolute Gasteiger partial charge is 0.265 e. The molecule has 0 aliphatic rings. The summed E-state index contributed by atoms with van der Waals surface area (Å²) in [7, 11) is -2.22. The van der Waals surface area contributed by atoms with E-state index in [0.29, 0.717) is 11.4 Å². The number of halogens is 1. The molecule has 0 bridgehead atoms. The maximum absolute atomic E-state index is 12.7. The van der Waals surface area contributed by atoms with E-state index < -0.39 is 10.0 Å². The van der Waals surface area contributed by atoms with Crippen LogP contribution in [0.25, 0.3) is 0 Å². The molecule has 0 radical (unpaired) electrons. The van der Waals surface area contributed by atoms with Gasteiger partial charge in [0, 0.05) is 12.7 Å². The topological polar surface area (TPSA) is 63.4 Å². The predicted molar refractivity (Wildman–Crippen MR) is 87.4 cm³/mol. The summed E-state index contributed by atoms with van der Waals surface area (Å²) in [5.74, 6) is 0. The van der Waals surface area contributed by atoms with Gasteiger partial charge in [0.1, 0.15) is 4.90 Å². The van der Waals surface area contributed by atoms with Crippen LogP contribution >= 0.6 is 11.6 Å². The molecule has 0 aliphatic carbocycles. The average Bonchev–Trinajstić information content (AvgIpc) is 2.36. The quantitative estimate of drug-likeness (QED) is 0.880. The van der Waals surface area contributed by atoms with Crippen molar-refractivity contribution < 1.29 is 8.42 Å². The van der Waals surface area contributed by atoms with Crippen LogP contribution in [-0.4, -0.2) is 15.5 Å². The summed E-state index contributed by atoms with van der Waals surface area (Å²) in [4.78, 5) is 0.0417. The number of hydrogen-bond acceptors (Lipinski definition) is 3. The van der Waals surface area contributed by atoms with Crippen molar-refractivity contribution in [3.63, 3.8) is 0 Å². The van der Waals surface area contributed by atoms with Crippen LogP contribution in [0.5, 0.6) is 0 Å². The maximum Gasteiger partial charge on any atom is 0.265 e. The number of nitrogen functional groups attached to an aromatic ring is 1. The van der Waals surface area contributed by atoms with Gasteiger partial charge in [-0.2, -0.15) is 0 Å². The minimum absolute atomic E-state index is 0.0417. The number of nitrogens with two attached hydrogens (primary N) is 1. The van der Waals surface area contributed by atoms with Gasteiger partial charge in [-0.1, -0.05) is 17.7 Å². The maximum atomic E-state index is 12.7. The first kappa shape index (κ1) is 15.7. The van der Waals surface area contributed by atoms with Crippen molar-refractivity contribution in [3.05, 3.63) is 52.5 Å². The summed E-state index contributed by atoms with van der Waals surface area (Å²) in [5.41, 5.74) is 8.62. The predicted octanol–water partition coefficient (Wildman–Crippen LogP) is 3.36. The van der Waals surface area contributed by atoms with Crippen molar-refractivity contribution in [2.45, 2.75) is 18.7 Å². The Morgan fingerprint density at radius 3 is 2.14 bits per heavy atom. The minimum Gasteiger partial charge on any atom is -0.399 e. The fraction of sp³-hybridized carbons (Fsp3) is 0.200. The van der Waals surface area contributed by atoms with Crippen LogP contribution in [0.1, 0.15) is 11.1 Å². The van der Waals surface area contributed by atoms with Gasteiger partial charge in [0.2, 0.25) is 0 Å². The fourth-order valence-electron chi connectivity index (χ4n) is 2.15. The molecular formula is C15H17ClN2O2S. The number of anilines is 2. The molecule has 0 atom stereocenters. The molecule has 112 valence electrons. The van der Waals surface area contributed by atoms with E-state index in [-0.39, 0.29) is 9.92 Å². The molecule has 0 fully saturated rings. The minimum atomic E-state index is -3.73. The number of sulfonamides is 1. The Morgan fingerprint density at radius 2 is 1.62 bits per heavy atom. The number of aryl methyl sites for hydroxylation is 2. The van der Waals surface area contributed by atoms with E-state index in [1.165, 1.54) is 29.6 Å². The van der Waals surface area contributed by atoms with Crippen LogP contribution in [0.4, 0.5) is 11.4 Å². The van der Waals surface area contributed by atoms with Crippen molar-refractivity contribution in [1.29, 1.82) is 0 Å². The van der Waals surface area contributed by atoms with Crippen LogP contribution in [0.2, 0.25) is 5.02 Å². The summed E-state index contributed by atoms with van der Waals surface area (Å²) in [6, 6.07) is 10.00. The number of hydrogen-bond donors (Lipinski definition) is 1. The van der Waals surface area contributed by atoms with Crippen molar-refractivity contribution in [2.24, 2.45) is 0 Å². The Labute approximate surface area is 130 Å². The lowest BCUT2D eigenvalue weighted by Crippen LogP contribution is -2.27. The van der Waals surface area contributed by atoms with Crippen molar-refractivity contribution >= 4 is 33.0 Å². The van der Waals surface area contributed by atoms with Crippen molar-refractivity contribution in [1.82, 2.24) is 0 Å². The standard InChI is InChI=1S/C15H17ClN2O2S/c1-10-6-11(2)8-13(7-10)18(3)21(19,20)15-5-4-12(17)9-14(15)16/h4-9H,17H2,1-3H3. The molecule has 0 saturated carbocycles. The normalized spacial score (nSPS) is 11.4. The van der Waals surface area contributed by atoms with Crippen LogP contribution in [-0.2, 0) is 10.0 Å². The largest absolute Gasteiger partial charge is 0.399 e. The van der Waals surface area contributed by atoms with Crippen molar-refractivity contribution in [3.8, 4) is 0 Å². The Hall–Kier alpha value is -1.72. The summed E-state index contributed by atoms with van der Waals surface area (Å²) < 4.78 is 26.6. The molecule has 21 heavy (non-hydrogen) atoms. The summed E-state index contributed by atoms with van der Waals surface area (Å²) in [6.45, 7) is 3.85. The second kappa shape index (κ2) is 5.58. The monoisotopic (exact) mass is 324 g/mol. The lowest BCUT2D eigenvalue weighted by molar-refractivity contribution is 0.594. The lowest BCUT2D eigenvalue weighted by atomic mass is 10.1. The number of nitrogens with zero attached hydrogens (tertiary/aromatic N) is 1. The SMILES string of the molecule is Cc1cc(C)cc(N(C)S(=O)(=O)c2ccc(N)cc2Cl)c1. The van der Waals surface area contributed by atoms with Gasteiger partial charge in [-0.05, 0) is 55.3 Å². The number of benzene rings is 2. The van der Waals surface area contributed by atoms with Gasteiger partial charge in [0.05, 0.1) is 10.7 Å². The molecular weight excluding hydrogens is 308 g/mol. The van der Waals surface area contributed by atoms with Gasteiger partial charge < -0.3 is 5.73 Å². The zero-order chi connectivity index (χ0) is 15.8. The first-order chi connectivity index (χ1) is 9.71.